The Labute approximate surface area is 198 Å². The van der Waals surface area contributed by atoms with Gasteiger partial charge in [0.15, 0.2) is 5.01 Å². The van der Waals surface area contributed by atoms with Crippen LogP contribution in [-0.4, -0.2) is 29.1 Å². The highest BCUT2D eigenvalue weighted by Crippen LogP contribution is 2.24. The molecule has 2 amide bonds. The molecule has 0 saturated carbocycles. The molecule has 0 bridgehead atoms. The molecule has 1 aromatic heterocycles. The van der Waals surface area contributed by atoms with Crippen molar-refractivity contribution in [3.8, 4) is 11.5 Å². The summed E-state index contributed by atoms with van der Waals surface area (Å²) in [5.41, 5.74) is 1.08. The third-order valence-electron chi connectivity index (χ3n) is 4.62. The Morgan fingerprint density at radius 2 is 1.56 bits per heavy atom. The van der Waals surface area contributed by atoms with E-state index in [-0.39, 0.29) is 23.2 Å². The summed E-state index contributed by atoms with van der Waals surface area (Å²) in [5, 5.41) is 13.6. The zero-order chi connectivity index (χ0) is 23.9. The van der Waals surface area contributed by atoms with E-state index >= 15 is 0 Å². The van der Waals surface area contributed by atoms with Crippen LogP contribution >= 0.6 is 11.3 Å². The summed E-state index contributed by atoms with van der Waals surface area (Å²) in [6.45, 7) is 0.0808. The fraction of sp³-hybridized carbons (Fsp3) is 0.0833. The molecule has 10 heteroatoms. The van der Waals surface area contributed by atoms with Crippen LogP contribution in [0.15, 0.2) is 72.8 Å². The monoisotopic (exact) mass is 478 g/mol. The summed E-state index contributed by atoms with van der Waals surface area (Å²) < 4.78 is 24.6. The molecule has 34 heavy (non-hydrogen) atoms. The highest BCUT2D eigenvalue weighted by molar-refractivity contribution is 7.13. The molecule has 0 spiro atoms. The van der Waals surface area contributed by atoms with Crippen LogP contribution in [0.4, 0.5) is 15.8 Å². The van der Waals surface area contributed by atoms with Crippen molar-refractivity contribution in [3.05, 3.63) is 94.2 Å². The van der Waals surface area contributed by atoms with Crippen LogP contribution in [0.1, 0.15) is 25.2 Å². The van der Waals surface area contributed by atoms with Gasteiger partial charge in [0, 0.05) is 5.56 Å². The van der Waals surface area contributed by atoms with Crippen LogP contribution in [-0.2, 0) is 6.61 Å². The van der Waals surface area contributed by atoms with E-state index in [9.17, 15) is 14.0 Å². The van der Waals surface area contributed by atoms with Gasteiger partial charge in [0.25, 0.3) is 11.8 Å². The lowest BCUT2D eigenvalue weighted by atomic mass is 10.2. The first kappa shape index (κ1) is 22.9. The molecule has 1 heterocycles. The van der Waals surface area contributed by atoms with Gasteiger partial charge in [-0.15, -0.1) is 10.2 Å². The number of para-hydroxylation sites is 3. The standard InChI is InChI=1S/C24H19FN4O4S/c1-32-20-9-5-4-8-19(20)27-22(30)15-10-12-16(13-11-15)33-14-21-28-29-24(34-21)23(31)26-18-7-3-2-6-17(18)25/h2-13H,14H2,1H3,(H,26,31)(H,27,30). The maximum Gasteiger partial charge on any atom is 0.286 e. The Hall–Kier alpha value is -4.31. The summed E-state index contributed by atoms with van der Waals surface area (Å²) in [6, 6.07) is 19.6. The van der Waals surface area contributed by atoms with Gasteiger partial charge in [-0.1, -0.05) is 35.6 Å². The van der Waals surface area contributed by atoms with E-state index < -0.39 is 11.7 Å². The van der Waals surface area contributed by atoms with Gasteiger partial charge < -0.3 is 20.1 Å². The number of halogens is 1. The van der Waals surface area contributed by atoms with Crippen LogP contribution in [0, 0.1) is 5.82 Å². The molecule has 4 aromatic rings. The van der Waals surface area contributed by atoms with E-state index in [4.69, 9.17) is 9.47 Å². The lowest BCUT2D eigenvalue weighted by Gasteiger charge is -2.10. The Morgan fingerprint density at radius 1 is 0.882 bits per heavy atom. The second-order valence-electron chi connectivity index (χ2n) is 6.90. The first-order valence-electron chi connectivity index (χ1n) is 10.1. The van der Waals surface area contributed by atoms with Crippen molar-refractivity contribution in [3.63, 3.8) is 0 Å². The van der Waals surface area contributed by atoms with Gasteiger partial charge in [-0.2, -0.15) is 0 Å². The number of carbonyl (C=O) groups is 2. The number of hydrogen-bond acceptors (Lipinski definition) is 7. The number of carbonyl (C=O) groups excluding carboxylic acids is 2. The molecule has 0 atom stereocenters. The minimum absolute atomic E-state index is 0.0651. The number of benzene rings is 3. The van der Waals surface area contributed by atoms with Crippen molar-refractivity contribution >= 4 is 34.5 Å². The zero-order valence-corrected chi connectivity index (χ0v) is 18.8. The molecule has 0 aliphatic rings. The summed E-state index contributed by atoms with van der Waals surface area (Å²) in [4.78, 5) is 24.8. The Balaban J connectivity index is 1.32. The molecule has 3 aromatic carbocycles. The van der Waals surface area contributed by atoms with Crippen molar-refractivity contribution in [1.82, 2.24) is 10.2 Å². The SMILES string of the molecule is COc1ccccc1NC(=O)c1ccc(OCc2nnc(C(=O)Nc3ccccc3F)s2)cc1. The van der Waals surface area contributed by atoms with Gasteiger partial charge in [-0.25, -0.2) is 4.39 Å². The predicted octanol–water partition coefficient (Wildman–Crippen LogP) is 4.77. The molecule has 0 aliphatic heterocycles. The van der Waals surface area contributed by atoms with Gasteiger partial charge in [-0.05, 0) is 48.5 Å². The molecule has 8 nitrogen and oxygen atoms in total. The Bertz CT molecular complexity index is 1310. The van der Waals surface area contributed by atoms with Gasteiger partial charge in [0.05, 0.1) is 18.5 Å². The molecular weight excluding hydrogens is 459 g/mol. The van der Waals surface area contributed by atoms with Crippen LogP contribution in [0.3, 0.4) is 0 Å². The van der Waals surface area contributed by atoms with E-state index in [0.29, 0.717) is 27.8 Å². The largest absolute Gasteiger partial charge is 0.495 e. The fourth-order valence-corrected chi connectivity index (χ4v) is 3.58. The lowest BCUT2D eigenvalue weighted by molar-refractivity contribution is 0.101. The first-order valence-corrected chi connectivity index (χ1v) is 10.9. The van der Waals surface area contributed by atoms with E-state index in [1.807, 2.05) is 6.07 Å². The number of rotatable bonds is 8. The van der Waals surface area contributed by atoms with Gasteiger partial charge in [-0.3, -0.25) is 9.59 Å². The smallest absolute Gasteiger partial charge is 0.286 e. The summed E-state index contributed by atoms with van der Waals surface area (Å²) in [5.74, 6) is -0.301. The van der Waals surface area contributed by atoms with Gasteiger partial charge in [0.2, 0.25) is 5.01 Å². The average Bonchev–Trinajstić information content (AvgIpc) is 3.34. The Kier molecular flexibility index (Phi) is 7.09. The Morgan fingerprint density at radius 3 is 2.29 bits per heavy atom. The normalized spacial score (nSPS) is 10.4. The number of methoxy groups -OCH3 is 1. The second-order valence-corrected chi connectivity index (χ2v) is 7.96. The van der Waals surface area contributed by atoms with E-state index in [1.165, 1.54) is 25.3 Å². The molecule has 0 unspecified atom stereocenters. The molecule has 4 rings (SSSR count). The number of aromatic nitrogens is 2. The molecule has 0 saturated heterocycles. The van der Waals surface area contributed by atoms with Crippen LogP contribution < -0.4 is 20.1 Å². The van der Waals surface area contributed by atoms with E-state index in [1.54, 1.807) is 48.5 Å². The van der Waals surface area contributed by atoms with Gasteiger partial charge in [0.1, 0.15) is 23.9 Å². The third-order valence-corrected chi connectivity index (χ3v) is 5.51. The van der Waals surface area contributed by atoms with Crippen LogP contribution in [0.2, 0.25) is 0 Å². The van der Waals surface area contributed by atoms with Crippen molar-refractivity contribution in [2.24, 2.45) is 0 Å². The number of hydrogen-bond donors (Lipinski definition) is 2. The third kappa shape index (κ3) is 5.54. The maximum absolute atomic E-state index is 13.7. The molecule has 2 N–H and O–H groups in total. The second kappa shape index (κ2) is 10.5. The number of nitrogens with zero attached hydrogens (tertiary/aromatic N) is 2. The quantitative estimate of drug-likeness (QED) is 0.378. The summed E-state index contributed by atoms with van der Waals surface area (Å²) in [7, 11) is 1.54. The molecule has 0 fully saturated rings. The molecule has 0 radical (unpaired) electrons. The fourth-order valence-electron chi connectivity index (χ4n) is 2.93. The molecule has 172 valence electrons. The zero-order valence-electron chi connectivity index (χ0n) is 17.9. The van der Waals surface area contributed by atoms with Crippen molar-refractivity contribution < 1.29 is 23.5 Å². The van der Waals surface area contributed by atoms with E-state index in [0.717, 1.165) is 11.3 Å². The maximum atomic E-state index is 13.7. The first-order chi connectivity index (χ1) is 16.5. The minimum Gasteiger partial charge on any atom is -0.495 e. The number of amides is 2. The van der Waals surface area contributed by atoms with Crippen LogP contribution in [0.5, 0.6) is 11.5 Å². The highest BCUT2D eigenvalue weighted by Gasteiger charge is 2.15. The highest BCUT2D eigenvalue weighted by atomic mass is 32.1. The average molecular weight is 479 g/mol. The molecule has 0 aliphatic carbocycles. The molecular formula is C24H19FN4O4S. The number of anilines is 2. The van der Waals surface area contributed by atoms with Crippen molar-refractivity contribution in [2.75, 3.05) is 17.7 Å². The van der Waals surface area contributed by atoms with E-state index in [2.05, 4.69) is 20.8 Å². The summed E-state index contributed by atoms with van der Waals surface area (Å²) >= 11 is 1.04. The van der Waals surface area contributed by atoms with Crippen LogP contribution in [0.25, 0.3) is 0 Å². The predicted molar refractivity (Wildman–Crippen MR) is 126 cm³/mol. The number of nitrogens with one attached hydrogen (secondary N) is 2. The van der Waals surface area contributed by atoms with Crippen molar-refractivity contribution in [1.29, 1.82) is 0 Å². The van der Waals surface area contributed by atoms with Crippen molar-refractivity contribution in [2.45, 2.75) is 6.61 Å². The topological polar surface area (TPSA) is 102 Å². The summed E-state index contributed by atoms with van der Waals surface area (Å²) in [6.07, 6.45) is 0. The number of ether oxygens (including phenoxy) is 2. The lowest BCUT2D eigenvalue weighted by Crippen LogP contribution is -2.12. The minimum atomic E-state index is -0.556. The van der Waals surface area contributed by atoms with Gasteiger partial charge >= 0.3 is 0 Å².